The first kappa shape index (κ1) is 12.6. The fourth-order valence-electron chi connectivity index (χ4n) is 3.40. The Labute approximate surface area is 123 Å². The molecule has 2 N–H and O–H groups in total. The van der Waals surface area contributed by atoms with Crippen LogP contribution in [0.5, 0.6) is 0 Å². The zero-order valence-electron chi connectivity index (χ0n) is 11.9. The number of H-pyrrole nitrogens is 1. The van der Waals surface area contributed by atoms with Gasteiger partial charge < -0.3 is 10.3 Å². The predicted octanol–water partition coefficient (Wildman–Crippen LogP) is 3.85. The van der Waals surface area contributed by atoms with Crippen LogP contribution < -0.4 is 5.32 Å². The van der Waals surface area contributed by atoms with Crippen LogP contribution in [0.4, 0.5) is 4.39 Å². The van der Waals surface area contributed by atoms with Crippen molar-refractivity contribution in [3.05, 3.63) is 70.7 Å². The summed E-state index contributed by atoms with van der Waals surface area (Å²) in [5.74, 6) is -0.171. The van der Waals surface area contributed by atoms with Crippen molar-refractivity contribution in [3.63, 3.8) is 0 Å². The lowest BCUT2D eigenvalue weighted by Gasteiger charge is -2.25. The molecule has 1 aliphatic rings. The Bertz CT molecular complexity index is 799. The summed E-state index contributed by atoms with van der Waals surface area (Å²) >= 11 is 0. The molecule has 0 saturated heterocycles. The minimum Gasteiger partial charge on any atom is -0.357 e. The normalized spacial score (nSPS) is 17.9. The number of aryl methyl sites for hydroxylation is 1. The van der Waals surface area contributed by atoms with E-state index in [4.69, 9.17) is 0 Å². The summed E-state index contributed by atoms with van der Waals surface area (Å²) in [6.07, 6.45) is 1.00. The second kappa shape index (κ2) is 4.71. The number of para-hydroxylation sites is 1. The maximum Gasteiger partial charge on any atom is 0.123 e. The van der Waals surface area contributed by atoms with Crippen molar-refractivity contribution in [2.24, 2.45) is 0 Å². The third kappa shape index (κ3) is 2.05. The molecule has 2 nitrogen and oxygen atoms in total. The lowest BCUT2D eigenvalue weighted by atomic mass is 9.93. The van der Waals surface area contributed by atoms with E-state index in [0.29, 0.717) is 0 Å². The number of nitrogens with one attached hydrogen (secondary N) is 2. The molecule has 2 heterocycles. The highest BCUT2D eigenvalue weighted by Gasteiger charge is 2.25. The van der Waals surface area contributed by atoms with E-state index in [-0.39, 0.29) is 11.9 Å². The van der Waals surface area contributed by atoms with E-state index in [0.717, 1.165) is 29.6 Å². The molecule has 1 aliphatic heterocycles. The molecular weight excluding hydrogens is 263 g/mol. The Morgan fingerprint density at radius 1 is 1.14 bits per heavy atom. The quantitative estimate of drug-likeness (QED) is 0.696. The van der Waals surface area contributed by atoms with Crippen LogP contribution in [0.2, 0.25) is 0 Å². The molecule has 0 spiro atoms. The SMILES string of the molecule is Cc1cc(F)cc(C2NCCc3c2[nH]c2ccccc32)c1. The third-order valence-corrected chi connectivity index (χ3v) is 4.26. The van der Waals surface area contributed by atoms with E-state index in [1.54, 1.807) is 12.1 Å². The van der Waals surface area contributed by atoms with E-state index in [2.05, 4.69) is 34.6 Å². The second-order valence-corrected chi connectivity index (χ2v) is 5.76. The van der Waals surface area contributed by atoms with Gasteiger partial charge in [0, 0.05) is 23.1 Å². The van der Waals surface area contributed by atoms with Gasteiger partial charge in [-0.25, -0.2) is 4.39 Å². The number of benzene rings is 2. The maximum atomic E-state index is 13.7. The summed E-state index contributed by atoms with van der Waals surface area (Å²) in [6.45, 7) is 2.84. The van der Waals surface area contributed by atoms with Gasteiger partial charge in [0.15, 0.2) is 0 Å². The van der Waals surface area contributed by atoms with Crippen LogP contribution in [0.15, 0.2) is 42.5 Å². The van der Waals surface area contributed by atoms with Gasteiger partial charge in [-0.3, -0.25) is 0 Å². The molecule has 0 radical (unpaired) electrons. The van der Waals surface area contributed by atoms with Crippen molar-refractivity contribution in [2.75, 3.05) is 6.54 Å². The number of hydrogen-bond donors (Lipinski definition) is 2. The average Bonchev–Trinajstić information content (AvgIpc) is 2.84. The van der Waals surface area contributed by atoms with Crippen LogP contribution in [0.3, 0.4) is 0 Å². The van der Waals surface area contributed by atoms with Crippen LogP contribution in [0.1, 0.15) is 28.4 Å². The standard InChI is InChI=1S/C18H17FN2/c1-11-8-12(10-13(19)9-11)17-18-15(6-7-20-17)14-4-2-3-5-16(14)21-18/h2-5,8-10,17,20-21H,6-7H2,1H3. The Kier molecular flexibility index (Phi) is 2.82. The van der Waals surface area contributed by atoms with Crippen molar-refractivity contribution < 1.29 is 4.39 Å². The number of rotatable bonds is 1. The third-order valence-electron chi connectivity index (χ3n) is 4.26. The lowest BCUT2D eigenvalue weighted by Crippen LogP contribution is -2.30. The fourth-order valence-corrected chi connectivity index (χ4v) is 3.40. The van der Waals surface area contributed by atoms with Gasteiger partial charge in [-0.1, -0.05) is 24.3 Å². The Morgan fingerprint density at radius 2 is 2.00 bits per heavy atom. The molecule has 106 valence electrons. The molecule has 0 amide bonds. The van der Waals surface area contributed by atoms with Gasteiger partial charge in [0.1, 0.15) is 5.82 Å². The summed E-state index contributed by atoms with van der Waals surface area (Å²) in [5.41, 5.74) is 5.63. The topological polar surface area (TPSA) is 27.8 Å². The van der Waals surface area contributed by atoms with E-state index >= 15 is 0 Å². The Balaban J connectivity index is 1.90. The Hall–Kier alpha value is -2.13. The van der Waals surface area contributed by atoms with Gasteiger partial charge in [-0.05, 0) is 48.2 Å². The van der Waals surface area contributed by atoms with E-state index in [1.807, 2.05) is 13.0 Å². The molecule has 3 aromatic rings. The van der Waals surface area contributed by atoms with E-state index in [9.17, 15) is 4.39 Å². The zero-order valence-corrected chi connectivity index (χ0v) is 11.9. The highest BCUT2D eigenvalue weighted by Crippen LogP contribution is 2.33. The van der Waals surface area contributed by atoms with Crippen molar-refractivity contribution in [3.8, 4) is 0 Å². The molecule has 0 bridgehead atoms. The Morgan fingerprint density at radius 3 is 2.86 bits per heavy atom. The second-order valence-electron chi connectivity index (χ2n) is 5.76. The molecule has 21 heavy (non-hydrogen) atoms. The molecule has 3 heteroatoms. The highest BCUT2D eigenvalue weighted by atomic mass is 19.1. The highest BCUT2D eigenvalue weighted by molar-refractivity contribution is 5.85. The van der Waals surface area contributed by atoms with Crippen molar-refractivity contribution in [1.29, 1.82) is 0 Å². The molecule has 0 saturated carbocycles. The van der Waals surface area contributed by atoms with E-state index in [1.165, 1.54) is 16.6 Å². The molecule has 1 aromatic heterocycles. The van der Waals surface area contributed by atoms with Crippen LogP contribution in [-0.2, 0) is 6.42 Å². The van der Waals surface area contributed by atoms with Crippen molar-refractivity contribution in [2.45, 2.75) is 19.4 Å². The maximum absolute atomic E-state index is 13.7. The molecule has 1 atom stereocenters. The molecule has 4 rings (SSSR count). The monoisotopic (exact) mass is 280 g/mol. The van der Waals surface area contributed by atoms with Gasteiger partial charge >= 0.3 is 0 Å². The minimum atomic E-state index is -0.171. The van der Waals surface area contributed by atoms with Crippen LogP contribution in [0, 0.1) is 12.7 Å². The summed E-state index contributed by atoms with van der Waals surface area (Å²) in [6, 6.07) is 13.7. The summed E-state index contributed by atoms with van der Waals surface area (Å²) in [5, 5.41) is 4.79. The zero-order chi connectivity index (χ0) is 14.4. The molecule has 2 aromatic carbocycles. The molecule has 1 unspecified atom stereocenters. The van der Waals surface area contributed by atoms with Crippen molar-refractivity contribution >= 4 is 10.9 Å². The average molecular weight is 280 g/mol. The number of halogens is 1. The molecular formula is C18H17FN2. The molecule has 0 fully saturated rings. The first-order chi connectivity index (χ1) is 10.2. The van der Waals surface area contributed by atoms with E-state index < -0.39 is 0 Å². The van der Waals surface area contributed by atoms with Gasteiger partial charge in [0.05, 0.1) is 6.04 Å². The first-order valence-electron chi connectivity index (χ1n) is 7.32. The molecule has 0 aliphatic carbocycles. The number of aromatic amines is 1. The minimum absolute atomic E-state index is 0.0375. The van der Waals surface area contributed by atoms with Gasteiger partial charge in [-0.15, -0.1) is 0 Å². The van der Waals surface area contributed by atoms with Gasteiger partial charge in [0.2, 0.25) is 0 Å². The first-order valence-corrected chi connectivity index (χ1v) is 7.32. The summed E-state index contributed by atoms with van der Waals surface area (Å²) in [4.78, 5) is 3.52. The number of hydrogen-bond acceptors (Lipinski definition) is 1. The van der Waals surface area contributed by atoms with Gasteiger partial charge in [-0.2, -0.15) is 0 Å². The summed E-state index contributed by atoms with van der Waals surface area (Å²) in [7, 11) is 0. The number of fused-ring (bicyclic) bond motifs is 3. The summed E-state index contributed by atoms with van der Waals surface area (Å²) < 4.78 is 13.7. The predicted molar refractivity (Wildman–Crippen MR) is 83.0 cm³/mol. The van der Waals surface area contributed by atoms with Crippen LogP contribution in [-0.4, -0.2) is 11.5 Å². The smallest absolute Gasteiger partial charge is 0.123 e. The number of aromatic nitrogens is 1. The fraction of sp³-hybridized carbons (Fsp3) is 0.222. The van der Waals surface area contributed by atoms with Gasteiger partial charge in [0.25, 0.3) is 0 Å². The lowest BCUT2D eigenvalue weighted by molar-refractivity contribution is 0.553. The van der Waals surface area contributed by atoms with Crippen molar-refractivity contribution in [1.82, 2.24) is 10.3 Å². The largest absolute Gasteiger partial charge is 0.357 e. The van der Waals surface area contributed by atoms with Crippen LogP contribution >= 0.6 is 0 Å². The van der Waals surface area contributed by atoms with Crippen LogP contribution in [0.25, 0.3) is 10.9 Å².